The van der Waals surface area contributed by atoms with E-state index in [0.29, 0.717) is 62.2 Å². The number of phenols is 1. The van der Waals surface area contributed by atoms with Crippen LogP contribution in [0.3, 0.4) is 0 Å². The first-order valence-electron chi connectivity index (χ1n) is 33.6. The number of oxime groups is 1. The summed E-state index contributed by atoms with van der Waals surface area (Å²) in [6.45, 7) is 9.64. The van der Waals surface area contributed by atoms with Gasteiger partial charge in [-0.05, 0) is 131 Å². The first kappa shape index (κ1) is 81.6. The summed E-state index contributed by atoms with van der Waals surface area (Å²) in [5.74, 6) is -11.2. The molecule has 0 saturated heterocycles. The number of phenolic OH excluding ortho intramolecular Hbond substituents is 1. The molecular weight excluding hydrogens is 1330 g/mol. The van der Waals surface area contributed by atoms with E-state index in [0.717, 1.165) is 42.2 Å². The number of hydrogen-bond donors (Lipinski definition) is 12. The molecule has 2 heterocycles. The number of rotatable bonds is 15. The van der Waals surface area contributed by atoms with E-state index in [2.05, 4.69) is 52.6 Å². The van der Waals surface area contributed by atoms with Gasteiger partial charge in [0.05, 0.1) is 44.9 Å². The number of primary amides is 1. The predicted molar refractivity (Wildman–Crippen MR) is 367 cm³/mol. The number of thioether (sulfide) groups is 2. The molecule has 9 amide bonds. The Hall–Kier alpha value is -8.07. The molecule has 13 N–H and O–H groups in total. The summed E-state index contributed by atoms with van der Waals surface area (Å²) in [6.07, 6.45) is 2.33. The van der Waals surface area contributed by atoms with Crippen molar-refractivity contribution in [2.75, 3.05) is 44.9 Å². The summed E-state index contributed by atoms with van der Waals surface area (Å²) in [5.41, 5.74) is 7.79. The number of aliphatic carboxylic acids is 1. The van der Waals surface area contributed by atoms with Crippen LogP contribution in [0, 0.1) is 17.8 Å². The highest BCUT2D eigenvalue weighted by molar-refractivity contribution is 7.98. The zero-order valence-electron chi connectivity index (χ0n) is 57.3. The van der Waals surface area contributed by atoms with Gasteiger partial charge in [0.2, 0.25) is 47.3 Å². The van der Waals surface area contributed by atoms with Crippen molar-refractivity contribution in [2.45, 2.75) is 203 Å². The van der Waals surface area contributed by atoms with Crippen molar-refractivity contribution in [1.29, 1.82) is 0 Å². The fraction of sp³-hybridized carbons (Fsp3) is 0.627. The van der Waals surface area contributed by atoms with E-state index in [1.54, 1.807) is 6.92 Å². The Kier molecular flexibility index (Phi) is 34.7. The predicted octanol–water partition coefficient (Wildman–Crippen LogP) is 1.72. The standard InChI is InChI=1S/C67H99N11O19S2/c1-8-9-23-78-33-56(82)72-51(30-42-17-19-45(80)20-18-42)65(91)73-49(21-22-57(83)84)63(89)76-54(61(68)87)37-99-35-44-27-43-28-46(29-44)95-24-12-10-11-13-25-96-69-32-55(81)71-40(5)62(88)75-53(36-98-34-43)60(86)48-16-14-15-47(48)39(4)70-50(26-38(2)3)64(90)74-52(31-58(85)97-94-7)66(92)77-59(41(6)79)67(78)93/h17-20,27-29,32,38-41,47-54,59,70,79-80H,8-16,21-26,30-31,33-37H2,1-7H3,(H2,68,87)(H,71,81)(H,72,82)(H,73,91)(H,74,90)(H,75,88)(H,76,89)(H,77,92)(H,83,84)/b69-32+/t39?,40-,41+,47-,48?,49-,50-,51-,52-,53-,54-,59-/m0/s1. The molecule has 2 aromatic rings. The topological polar surface area (TPSA) is 440 Å². The zero-order valence-corrected chi connectivity index (χ0v) is 59.0. The van der Waals surface area contributed by atoms with Crippen molar-refractivity contribution in [2.24, 2.45) is 28.6 Å². The SMILES string of the molecule is CCCCN1CC(=O)N[C@@H](Cc2ccc(O)cc2)C(=O)N[C@@H](CCC(=O)O)C(=O)N[C@H](C(N)=O)CSCc2cc3cc(c2)OCCCCCCO/N=C/C(=O)N[C@@H](C)C(=O)N[C@@H](CSC3)C(=O)C2CCC[C@H]2C(C)N[C@@H](CC(C)C)C(=O)N[C@@H](CC(=O)OOC)C(=O)N[C@@H]([C@@H](C)O)C1=O. The molecule has 1 aliphatic carbocycles. The van der Waals surface area contributed by atoms with Gasteiger partial charge in [0, 0.05) is 54.4 Å². The molecular formula is C67H99N11O19S2. The highest BCUT2D eigenvalue weighted by atomic mass is 32.2. The summed E-state index contributed by atoms with van der Waals surface area (Å²) in [6, 6.07) is -0.882. The number of Topliss-reactive ketones (excluding diaryl/α,β-unsaturated/α-hetero) is 1. The van der Waals surface area contributed by atoms with Crippen LogP contribution in [0.15, 0.2) is 47.6 Å². The molecule has 0 radical (unpaired) electrons. The summed E-state index contributed by atoms with van der Waals surface area (Å²) in [5, 5.41) is 56.5. The molecule has 548 valence electrons. The maximum Gasteiger partial charge on any atom is 0.344 e. The number of ketones is 1. The third-order valence-corrected chi connectivity index (χ3v) is 19.1. The average Bonchev–Trinajstić information content (AvgIpc) is 1.82. The van der Waals surface area contributed by atoms with Gasteiger partial charge >= 0.3 is 11.9 Å². The number of carboxylic acid groups (broad SMARTS) is 1. The minimum absolute atomic E-state index is 0.0635. The fourth-order valence-electron chi connectivity index (χ4n) is 11.7. The van der Waals surface area contributed by atoms with Crippen LogP contribution < -0.4 is 53.0 Å². The van der Waals surface area contributed by atoms with Crippen molar-refractivity contribution in [1.82, 2.24) is 47.4 Å². The molecule has 0 spiro atoms. The maximum atomic E-state index is 15.2. The molecule has 1 fully saturated rings. The zero-order chi connectivity index (χ0) is 72.7. The number of hydrogen-bond acceptors (Lipinski definition) is 22. The van der Waals surface area contributed by atoms with Crippen LogP contribution in [0.2, 0.25) is 0 Å². The molecule has 1 saturated carbocycles. The van der Waals surface area contributed by atoms with E-state index in [9.17, 15) is 68.1 Å². The van der Waals surface area contributed by atoms with Crippen LogP contribution in [0.5, 0.6) is 11.5 Å². The normalized spacial score (nSPS) is 26.4. The molecule has 2 aromatic carbocycles. The minimum atomic E-state index is -1.83. The number of nitrogens with zero attached hydrogens (tertiary/aromatic N) is 2. The highest BCUT2D eigenvalue weighted by Gasteiger charge is 2.42. The van der Waals surface area contributed by atoms with Crippen molar-refractivity contribution < 1.29 is 92.2 Å². The third-order valence-electron chi connectivity index (χ3n) is 16.9. The third kappa shape index (κ3) is 28.2. The van der Waals surface area contributed by atoms with Crippen LogP contribution in [0.1, 0.15) is 142 Å². The Morgan fingerprint density at radius 1 is 0.758 bits per heavy atom. The minimum Gasteiger partial charge on any atom is -0.508 e. The number of benzene rings is 2. The van der Waals surface area contributed by atoms with E-state index in [4.69, 9.17) is 20.2 Å². The summed E-state index contributed by atoms with van der Waals surface area (Å²) in [4.78, 5) is 183. The Balaban J connectivity index is 1.61. The number of aromatic hydroxyl groups is 1. The van der Waals surface area contributed by atoms with E-state index in [1.807, 2.05) is 39.0 Å². The van der Waals surface area contributed by atoms with Gasteiger partial charge < -0.3 is 78.1 Å². The number of fused-ring (bicyclic) bond motifs is 6. The number of aliphatic hydroxyl groups is 1. The fourth-order valence-corrected chi connectivity index (χ4v) is 13.7. The lowest BCUT2D eigenvalue weighted by molar-refractivity contribution is -0.255. The van der Waals surface area contributed by atoms with Gasteiger partial charge in [-0.3, -0.25) is 57.6 Å². The van der Waals surface area contributed by atoms with Crippen molar-refractivity contribution >= 4 is 101 Å². The number of carbonyl (C=O) groups is 12. The number of nitrogens with one attached hydrogen (secondary N) is 8. The molecule has 2 unspecified atom stereocenters. The van der Waals surface area contributed by atoms with Crippen LogP contribution in [0.25, 0.3) is 0 Å². The van der Waals surface area contributed by atoms with Gasteiger partial charge in [-0.1, -0.05) is 57.0 Å². The highest BCUT2D eigenvalue weighted by Crippen LogP contribution is 2.37. The van der Waals surface area contributed by atoms with Crippen molar-refractivity contribution in [3.63, 3.8) is 0 Å². The van der Waals surface area contributed by atoms with Crippen LogP contribution in [-0.2, 0) is 90.1 Å². The number of aliphatic hydroxyl groups excluding tert-OH is 1. The van der Waals surface area contributed by atoms with E-state index in [1.165, 1.54) is 61.6 Å². The molecule has 99 heavy (non-hydrogen) atoms. The van der Waals surface area contributed by atoms with Crippen LogP contribution >= 0.6 is 23.5 Å². The molecule has 32 heteroatoms. The Morgan fingerprint density at radius 3 is 2.05 bits per heavy atom. The smallest absolute Gasteiger partial charge is 0.344 e. The lowest BCUT2D eigenvalue weighted by Crippen LogP contribution is -2.61. The van der Waals surface area contributed by atoms with Gasteiger partial charge in [0.1, 0.15) is 60.6 Å². The Morgan fingerprint density at radius 2 is 1.40 bits per heavy atom. The maximum absolute atomic E-state index is 15.2. The van der Waals surface area contributed by atoms with Gasteiger partial charge in [-0.2, -0.15) is 28.4 Å². The molecule has 0 aromatic heterocycles. The number of carboxylic acids is 1. The molecule has 12 atom stereocenters. The van der Waals surface area contributed by atoms with Crippen LogP contribution in [-0.4, -0.2) is 203 Å². The average molecular weight is 1430 g/mol. The van der Waals surface area contributed by atoms with Gasteiger partial charge in [0.25, 0.3) is 5.91 Å². The summed E-state index contributed by atoms with van der Waals surface area (Å²) < 4.78 is 6.30. The molecule has 30 nitrogen and oxygen atoms in total. The van der Waals surface area contributed by atoms with E-state index >= 15 is 4.79 Å². The number of carbonyl (C=O) groups excluding carboxylic acids is 11. The number of ether oxygens (including phenoxy) is 1. The first-order valence-corrected chi connectivity index (χ1v) is 35.9. The Labute approximate surface area is 585 Å². The lowest BCUT2D eigenvalue weighted by Gasteiger charge is -2.33. The number of amides is 9. The quantitative estimate of drug-likeness (QED) is 0.0892. The first-order chi connectivity index (χ1) is 47.2. The summed E-state index contributed by atoms with van der Waals surface area (Å²) >= 11 is 2.57. The second-order valence-corrected chi connectivity index (χ2v) is 27.6. The molecule has 3 aliphatic rings. The lowest BCUT2D eigenvalue weighted by atomic mass is 9.83. The number of unbranched alkanes of at least 4 members (excludes halogenated alkanes) is 1. The van der Waals surface area contributed by atoms with Gasteiger partial charge in [-0.25, -0.2) is 4.79 Å². The van der Waals surface area contributed by atoms with Gasteiger partial charge in [0.15, 0.2) is 5.78 Å². The van der Waals surface area contributed by atoms with E-state index < -0.39 is 163 Å². The molecule has 5 rings (SSSR count). The monoisotopic (exact) mass is 1430 g/mol. The Bertz CT molecular complexity index is 3110. The second-order valence-electron chi connectivity index (χ2n) is 25.6. The van der Waals surface area contributed by atoms with Gasteiger partial charge in [-0.15, -0.1) is 0 Å². The largest absolute Gasteiger partial charge is 0.508 e. The van der Waals surface area contributed by atoms with E-state index in [-0.39, 0.29) is 67.1 Å². The molecule has 2 aliphatic heterocycles. The number of nitrogens with two attached hydrogens (primary N) is 1. The van der Waals surface area contributed by atoms with Crippen LogP contribution in [0.4, 0.5) is 0 Å². The van der Waals surface area contributed by atoms with Crippen molar-refractivity contribution in [3.8, 4) is 11.5 Å². The summed E-state index contributed by atoms with van der Waals surface area (Å²) in [7, 11) is 1.04. The second kappa shape index (κ2) is 42.1. The van der Waals surface area contributed by atoms with Crippen molar-refractivity contribution in [3.05, 3.63) is 59.2 Å². The molecule has 4 bridgehead atoms.